The van der Waals surface area contributed by atoms with Crippen molar-refractivity contribution in [3.8, 4) is 5.75 Å². The van der Waals surface area contributed by atoms with Gasteiger partial charge in [0, 0.05) is 12.2 Å². The number of hydrogen-bond acceptors (Lipinski definition) is 6. The molecule has 2 aromatic rings. The Morgan fingerprint density at radius 2 is 2.00 bits per heavy atom. The number of para-hydroxylation sites is 1. The van der Waals surface area contributed by atoms with E-state index in [-0.39, 0.29) is 22.8 Å². The molecule has 2 aliphatic heterocycles. The van der Waals surface area contributed by atoms with Gasteiger partial charge in [-0.3, -0.25) is 19.7 Å². The van der Waals surface area contributed by atoms with Gasteiger partial charge in [0.15, 0.2) is 0 Å². The molecular weight excluding hydrogens is 404 g/mol. The number of ether oxygens (including phenoxy) is 1. The van der Waals surface area contributed by atoms with Crippen LogP contribution in [0.3, 0.4) is 0 Å². The van der Waals surface area contributed by atoms with Gasteiger partial charge in [0.2, 0.25) is 5.91 Å². The third-order valence-corrected chi connectivity index (χ3v) is 6.23. The quantitative estimate of drug-likeness (QED) is 0.670. The maximum atomic E-state index is 11.7. The van der Waals surface area contributed by atoms with E-state index >= 15 is 0 Å². The van der Waals surface area contributed by atoms with Gasteiger partial charge in [0.25, 0.3) is 5.24 Å². The Hall–Kier alpha value is -3.00. The van der Waals surface area contributed by atoms with Crippen molar-refractivity contribution >= 4 is 34.6 Å². The number of amides is 2. The molecule has 1 saturated heterocycles. The number of imide groups is 1. The summed E-state index contributed by atoms with van der Waals surface area (Å²) in [4.78, 5) is 36.3. The van der Waals surface area contributed by atoms with Crippen LogP contribution in [0, 0.1) is 0 Å². The van der Waals surface area contributed by atoms with E-state index in [9.17, 15) is 14.4 Å². The molecule has 0 radical (unpaired) electrons. The molecule has 1 fully saturated rings. The second-order valence-electron chi connectivity index (χ2n) is 7.31. The van der Waals surface area contributed by atoms with Crippen molar-refractivity contribution in [3.63, 3.8) is 0 Å². The van der Waals surface area contributed by atoms with Crippen LogP contribution in [0.1, 0.15) is 16.7 Å². The highest BCUT2D eigenvalue weighted by Gasteiger charge is 2.31. The molecular formula is C22H22N2O5S. The zero-order valence-corrected chi connectivity index (χ0v) is 17.1. The number of thioether (sulfide) groups is 1. The van der Waals surface area contributed by atoms with Crippen LogP contribution in [0.25, 0.3) is 0 Å². The van der Waals surface area contributed by atoms with Crippen LogP contribution >= 0.6 is 11.8 Å². The minimum absolute atomic E-state index is 0.0187. The van der Waals surface area contributed by atoms with E-state index in [2.05, 4.69) is 16.3 Å². The Kier molecular flexibility index (Phi) is 5.94. The maximum Gasteiger partial charge on any atom is 0.307 e. The van der Waals surface area contributed by atoms with E-state index in [1.165, 1.54) is 5.56 Å². The SMILES string of the molecule is O=C(O)Cc1cccc2c1N(CCOc1ccc(CC3SC(=O)NC3=O)cc1)CC2. The third-order valence-electron chi connectivity index (χ3n) is 5.25. The lowest BCUT2D eigenvalue weighted by molar-refractivity contribution is -0.136. The number of rotatable bonds is 8. The number of hydrogen-bond donors (Lipinski definition) is 2. The van der Waals surface area contributed by atoms with Crippen molar-refractivity contribution in [3.05, 3.63) is 59.2 Å². The number of nitrogens with one attached hydrogen (secondary N) is 1. The highest BCUT2D eigenvalue weighted by atomic mass is 32.2. The summed E-state index contributed by atoms with van der Waals surface area (Å²) >= 11 is 1.03. The molecule has 30 heavy (non-hydrogen) atoms. The van der Waals surface area contributed by atoms with Gasteiger partial charge in [-0.15, -0.1) is 0 Å². The number of carboxylic acid groups (broad SMARTS) is 1. The molecule has 2 amide bonds. The Morgan fingerprint density at radius 3 is 2.70 bits per heavy atom. The summed E-state index contributed by atoms with van der Waals surface area (Å²) < 4.78 is 5.87. The van der Waals surface area contributed by atoms with Crippen molar-refractivity contribution in [1.82, 2.24) is 5.32 Å². The van der Waals surface area contributed by atoms with E-state index in [1.807, 2.05) is 36.4 Å². The number of aliphatic carboxylic acids is 1. The average molecular weight is 426 g/mol. The number of anilines is 1. The summed E-state index contributed by atoms with van der Waals surface area (Å²) in [6, 6.07) is 13.4. The molecule has 2 heterocycles. The van der Waals surface area contributed by atoms with Gasteiger partial charge in [0.1, 0.15) is 12.4 Å². The molecule has 0 saturated carbocycles. The molecule has 2 N–H and O–H groups in total. The minimum Gasteiger partial charge on any atom is -0.492 e. The Morgan fingerprint density at radius 1 is 1.20 bits per heavy atom. The monoisotopic (exact) mass is 426 g/mol. The molecule has 7 nitrogen and oxygen atoms in total. The lowest BCUT2D eigenvalue weighted by atomic mass is 10.0. The summed E-state index contributed by atoms with van der Waals surface area (Å²) in [6.45, 7) is 2.01. The first-order valence-corrected chi connectivity index (χ1v) is 10.7. The number of fused-ring (bicyclic) bond motifs is 1. The van der Waals surface area contributed by atoms with E-state index in [1.54, 1.807) is 0 Å². The normalized spacial score (nSPS) is 17.7. The van der Waals surface area contributed by atoms with E-state index < -0.39 is 5.97 Å². The Bertz CT molecular complexity index is 976. The first-order chi connectivity index (χ1) is 14.5. The molecule has 156 valence electrons. The average Bonchev–Trinajstić information content (AvgIpc) is 3.26. The van der Waals surface area contributed by atoms with Crippen LogP contribution in [0.15, 0.2) is 42.5 Å². The molecule has 2 aliphatic rings. The predicted octanol–water partition coefficient (Wildman–Crippen LogP) is 2.65. The van der Waals surface area contributed by atoms with Crippen molar-refractivity contribution in [2.75, 3.05) is 24.6 Å². The zero-order valence-electron chi connectivity index (χ0n) is 16.3. The molecule has 0 aromatic heterocycles. The van der Waals surface area contributed by atoms with Crippen molar-refractivity contribution in [2.24, 2.45) is 0 Å². The first-order valence-electron chi connectivity index (χ1n) is 9.80. The van der Waals surface area contributed by atoms with E-state index in [4.69, 9.17) is 9.84 Å². The zero-order chi connectivity index (χ0) is 21.1. The Labute approximate surface area is 178 Å². The highest BCUT2D eigenvalue weighted by Crippen LogP contribution is 2.32. The van der Waals surface area contributed by atoms with Gasteiger partial charge in [0.05, 0.1) is 18.2 Å². The summed E-state index contributed by atoms with van der Waals surface area (Å²) in [5.41, 5.74) is 4.02. The van der Waals surface area contributed by atoms with Crippen LogP contribution in [0.4, 0.5) is 10.5 Å². The number of nitrogens with zero attached hydrogens (tertiary/aromatic N) is 1. The van der Waals surface area contributed by atoms with Crippen LogP contribution in [-0.4, -0.2) is 47.2 Å². The van der Waals surface area contributed by atoms with Crippen LogP contribution in [-0.2, 0) is 28.9 Å². The predicted molar refractivity (Wildman–Crippen MR) is 114 cm³/mol. The second kappa shape index (κ2) is 8.79. The van der Waals surface area contributed by atoms with E-state index in [0.29, 0.717) is 19.6 Å². The fraction of sp³-hybridized carbons (Fsp3) is 0.318. The van der Waals surface area contributed by atoms with E-state index in [0.717, 1.165) is 47.3 Å². The lowest BCUT2D eigenvalue weighted by Crippen LogP contribution is -2.27. The number of carbonyl (C=O) groups excluding carboxylic acids is 2. The standard InChI is InChI=1S/C22H22N2O5S/c25-19(26)13-16-3-1-2-15-8-9-24(20(15)16)10-11-29-17-6-4-14(5-7-17)12-18-21(27)23-22(28)30-18/h1-7,18H,8-13H2,(H,25,26)(H,23,27,28). The summed E-state index contributed by atoms with van der Waals surface area (Å²) in [6.07, 6.45) is 1.43. The van der Waals surface area contributed by atoms with Crippen molar-refractivity contribution < 1.29 is 24.2 Å². The third kappa shape index (κ3) is 4.59. The molecule has 1 unspecified atom stereocenters. The molecule has 0 spiro atoms. The number of carboxylic acids is 1. The smallest absolute Gasteiger partial charge is 0.307 e. The molecule has 2 aromatic carbocycles. The van der Waals surface area contributed by atoms with Crippen LogP contribution < -0.4 is 15.0 Å². The molecule has 0 bridgehead atoms. The largest absolute Gasteiger partial charge is 0.492 e. The van der Waals surface area contributed by atoms with Crippen LogP contribution in [0.5, 0.6) is 5.75 Å². The number of benzene rings is 2. The van der Waals surface area contributed by atoms with Gasteiger partial charge in [-0.1, -0.05) is 42.1 Å². The lowest BCUT2D eigenvalue weighted by Gasteiger charge is -2.22. The summed E-state index contributed by atoms with van der Waals surface area (Å²) in [7, 11) is 0. The Balaban J connectivity index is 1.31. The van der Waals surface area contributed by atoms with Gasteiger partial charge >= 0.3 is 5.97 Å². The van der Waals surface area contributed by atoms with Crippen molar-refractivity contribution in [1.29, 1.82) is 0 Å². The maximum absolute atomic E-state index is 11.7. The fourth-order valence-electron chi connectivity index (χ4n) is 3.89. The molecule has 0 aliphatic carbocycles. The van der Waals surface area contributed by atoms with Gasteiger partial charge in [-0.25, -0.2) is 0 Å². The second-order valence-corrected chi connectivity index (χ2v) is 8.49. The van der Waals surface area contributed by atoms with Crippen molar-refractivity contribution in [2.45, 2.75) is 24.5 Å². The molecule has 8 heteroatoms. The minimum atomic E-state index is -0.829. The summed E-state index contributed by atoms with van der Waals surface area (Å²) in [5.74, 6) is -0.334. The molecule has 1 atom stereocenters. The highest BCUT2D eigenvalue weighted by molar-refractivity contribution is 8.15. The van der Waals surface area contributed by atoms with Crippen LogP contribution in [0.2, 0.25) is 0 Å². The fourth-order valence-corrected chi connectivity index (χ4v) is 4.75. The van der Waals surface area contributed by atoms with Gasteiger partial charge in [-0.2, -0.15) is 0 Å². The topological polar surface area (TPSA) is 95.9 Å². The first kappa shape index (κ1) is 20.3. The van der Waals surface area contributed by atoms with Gasteiger partial charge in [-0.05, 0) is 41.7 Å². The molecule has 4 rings (SSSR count). The number of carbonyl (C=O) groups is 3. The summed E-state index contributed by atoms with van der Waals surface area (Å²) in [5, 5.41) is 10.8. The van der Waals surface area contributed by atoms with Gasteiger partial charge < -0.3 is 14.7 Å².